The zero-order valence-corrected chi connectivity index (χ0v) is 13.5. The van der Waals surface area contributed by atoms with Crippen molar-refractivity contribution < 1.29 is 0 Å². The Kier molecular flexibility index (Phi) is 3.38. The van der Waals surface area contributed by atoms with Crippen LogP contribution in [0.25, 0.3) is 27.6 Å². The first kappa shape index (κ1) is 14.0. The quantitative estimate of drug-likeness (QED) is 0.475. The van der Waals surface area contributed by atoms with Gasteiger partial charge in [0.1, 0.15) is 0 Å². The summed E-state index contributed by atoms with van der Waals surface area (Å²) in [5.74, 6) is 0.601. The van der Waals surface area contributed by atoms with Crippen LogP contribution in [0.5, 0.6) is 0 Å². The maximum Gasteiger partial charge on any atom is 0.0963 e. The Labute approximate surface area is 136 Å². The van der Waals surface area contributed by atoms with Crippen molar-refractivity contribution >= 4 is 21.9 Å². The van der Waals surface area contributed by atoms with Crippen LogP contribution in [0.1, 0.15) is 31.7 Å². The Bertz CT molecular complexity index is 911. The predicted molar refractivity (Wildman–Crippen MR) is 97.3 cm³/mol. The highest BCUT2D eigenvalue weighted by atomic mass is 15.0. The van der Waals surface area contributed by atoms with Crippen molar-refractivity contribution in [2.75, 3.05) is 0 Å². The lowest BCUT2D eigenvalue weighted by molar-refractivity contribution is 0.733. The van der Waals surface area contributed by atoms with Crippen LogP contribution >= 0.6 is 0 Å². The van der Waals surface area contributed by atoms with Gasteiger partial charge in [-0.2, -0.15) is 0 Å². The number of rotatable bonds is 3. The van der Waals surface area contributed by atoms with E-state index in [0.29, 0.717) is 5.92 Å². The number of aromatic nitrogens is 2. The van der Waals surface area contributed by atoms with Gasteiger partial charge in [-0.3, -0.25) is 4.98 Å². The molecule has 4 aromatic rings. The number of pyridine rings is 1. The van der Waals surface area contributed by atoms with Crippen molar-refractivity contribution in [3.8, 4) is 5.69 Å². The Hall–Kier alpha value is -2.61. The van der Waals surface area contributed by atoms with Gasteiger partial charge in [-0.1, -0.05) is 44.2 Å². The molecule has 0 spiro atoms. The highest BCUT2D eigenvalue weighted by molar-refractivity contribution is 6.06. The molecule has 0 aliphatic rings. The van der Waals surface area contributed by atoms with Crippen molar-refractivity contribution in [2.24, 2.45) is 0 Å². The topological polar surface area (TPSA) is 17.8 Å². The number of nitrogens with zero attached hydrogens (tertiary/aromatic N) is 2. The van der Waals surface area contributed by atoms with Crippen LogP contribution in [0, 0.1) is 0 Å². The second-order valence-corrected chi connectivity index (χ2v) is 6.12. The van der Waals surface area contributed by atoms with E-state index in [1.165, 1.54) is 28.6 Å². The Morgan fingerprint density at radius 3 is 2.43 bits per heavy atom. The second-order valence-electron chi connectivity index (χ2n) is 6.12. The average molecular weight is 300 g/mol. The number of hydrogen-bond acceptors (Lipinski definition) is 1. The molecule has 0 N–H and O–H groups in total. The fourth-order valence-electron chi connectivity index (χ4n) is 3.25. The smallest absolute Gasteiger partial charge is 0.0963 e. The predicted octanol–water partition coefficient (Wildman–Crippen LogP) is 5.69. The SMILES string of the molecule is CCC(C)c1ccc(-n2c3ccccc3c3ncccc32)cc1. The number of hydrogen-bond donors (Lipinski definition) is 0. The molecule has 2 heterocycles. The number of para-hydroxylation sites is 1. The van der Waals surface area contributed by atoms with Gasteiger partial charge in [-0.05, 0) is 48.2 Å². The third kappa shape index (κ3) is 2.22. The molecule has 2 aromatic heterocycles. The van der Waals surface area contributed by atoms with Gasteiger partial charge in [-0.25, -0.2) is 0 Å². The Morgan fingerprint density at radius 2 is 1.65 bits per heavy atom. The van der Waals surface area contributed by atoms with Gasteiger partial charge in [0.25, 0.3) is 0 Å². The van der Waals surface area contributed by atoms with E-state index in [1.807, 2.05) is 12.3 Å². The molecule has 0 aliphatic heterocycles. The van der Waals surface area contributed by atoms with Crippen LogP contribution in [0.15, 0.2) is 66.9 Å². The molecule has 4 rings (SSSR count). The Balaban J connectivity index is 1.97. The van der Waals surface area contributed by atoms with E-state index < -0.39 is 0 Å². The van der Waals surface area contributed by atoms with Crippen LogP contribution < -0.4 is 0 Å². The molecule has 0 amide bonds. The molecular weight excluding hydrogens is 280 g/mol. The third-order valence-electron chi connectivity index (χ3n) is 4.76. The normalized spacial score (nSPS) is 12.8. The lowest BCUT2D eigenvalue weighted by atomic mass is 9.98. The van der Waals surface area contributed by atoms with Gasteiger partial charge in [0.15, 0.2) is 0 Å². The molecular formula is C21H20N2. The van der Waals surface area contributed by atoms with E-state index in [0.717, 1.165) is 11.0 Å². The summed E-state index contributed by atoms with van der Waals surface area (Å²) in [4.78, 5) is 4.59. The molecule has 23 heavy (non-hydrogen) atoms. The highest BCUT2D eigenvalue weighted by Gasteiger charge is 2.12. The standard InChI is InChI=1S/C21H20N2/c1-3-15(2)16-10-12-17(13-11-16)23-19-8-5-4-7-18(19)21-20(23)9-6-14-22-21/h4-15H,3H2,1-2H3. The summed E-state index contributed by atoms with van der Waals surface area (Å²) in [7, 11) is 0. The Morgan fingerprint density at radius 1 is 0.913 bits per heavy atom. The minimum atomic E-state index is 0.601. The molecule has 1 atom stereocenters. The molecule has 0 bridgehead atoms. The van der Waals surface area contributed by atoms with E-state index in [9.17, 15) is 0 Å². The molecule has 0 fully saturated rings. The van der Waals surface area contributed by atoms with Crippen LogP contribution in [0.4, 0.5) is 0 Å². The molecule has 1 unspecified atom stereocenters. The molecule has 0 saturated heterocycles. The van der Waals surface area contributed by atoms with E-state index in [1.54, 1.807) is 0 Å². The number of fused-ring (bicyclic) bond motifs is 3. The van der Waals surface area contributed by atoms with Crippen LogP contribution in [0.3, 0.4) is 0 Å². The molecule has 0 aliphatic carbocycles. The highest BCUT2D eigenvalue weighted by Crippen LogP contribution is 2.31. The minimum absolute atomic E-state index is 0.601. The van der Waals surface area contributed by atoms with Gasteiger partial charge in [0.05, 0.1) is 16.6 Å². The van der Waals surface area contributed by atoms with Gasteiger partial charge < -0.3 is 4.57 Å². The van der Waals surface area contributed by atoms with Crippen LogP contribution in [0.2, 0.25) is 0 Å². The maximum absolute atomic E-state index is 4.59. The third-order valence-corrected chi connectivity index (χ3v) is 4.76. The van der Waals surface area contributed by atoms with E-state index >= 15 is 0 Å². The van der Waals surface area contributed by atoms with Gasteiger partial charge >= 0.3 is 0 Å². The molecule has 2 heteroatoms. The first-order chi connectivity index (χ1) is 11.3. The fourth-order valence-corrected chi connectivity index (χ4v) is 3.25. The van der Waals surface area contributed by atoms with E-state index in [-0.39, 0.29) is 0 Å². The first-order valence-corrected chi connectivity index (χ1v) is 8.24. The van der Waals surface area contributed by atoms with Crippen molar-refractivity contribution in [1.29, 1.82) is 0 Å². The lowest BCUT2D eigenvalue weighted by Crippen LogP contribution is -1.96. The van der Waals surface area contributed by atoms with Gasteiger partial charge in [-0.15, -0.1) is 0 Å². The molecule has 2 aromatic carbocycles. The zero-order chi connectivity index (χ0) is 15.8. The number of benzene rings is 2. The van der Waals surface area contributed by atoms with E-state index in [2.05, 4.69) is 78.0 Å². The van der Waals surface area contributed by atoms with Crippen molar-refractivity contribution in [3.63, 3.8) is 0 Å². The summed E-state index contributed by atoms with van der Waals surface area (Å²) in [6, 6.07) is 21.6. The summed E-state index contributed by atoms with van der Waals surface area (Å²) in [5, 5.41) is 1.20. The minimum Gasteiger partial charge on any atom is -0.308 e. The molecule has 0 saturated carbocycles. The zero-order valence-electron chi connectivity index (χ0n) is 13.5. The van der Waals surface area contributed by atoms with Crippen molar-refractivity contribution in [2.45, 2.75) is 26.2 Å². The first-order valence-electron chi connectivity index (χ1n) is 8.24. The summed E-state index contributed by atoms with van der Waals surface area (Å²) < 4.78 is 2.30. The van der Waals surface area contributed by atoms with Gasteiger partial charge in [0, 0.05) is 17.3 Å². The van der Waals surface area contributed by atoms with Crippen LogP contribution in [-0.2, 0) is 0 Å². The average Bonchev–Trinajstić information content (AvgIpc) is 2.96. The fraction of sp³-hybridized carbons (Fsp3) is 0.190. The second kappa shape index (κ2) is 5.54. The summed E-state index contributed by atoms with van der Waals surface area (Å²) in [6.07, 6.45) is 3.03. The molecule has 114 valence electrons. The molecule has 2 nitrogen and oxygen atoms in total. The summed E-state index contributed by atoms with van der Waals surface area (Å²) in [6.45, 7) is 4.51. The van der Waals surface area contributed by atoms with Crippen molar-refractivity contribution in [3.05, 3.63) is 72.4 Å². The largest absolute Gasteiger partial charge is 0.308 e. The van der Waals surface area contributed by atoms with Gasteiger partial charge in [0.2, 0.25) is 0 Å². The summed E-state index contributed by atoms with van der Waals surface area (Å²) in [5.41, 5.74) is 6.02. The lowest BCUT2D eigenvalue weighted by Gasteiger charge is -2.12. The van der Waals surface area contributed by atoms with Crippen LogP contribution in [-0.4, -0.2) is 9.55 Å². The monoisotopic (exact) mass is 300 g/mol. The summed E-state index contributed by atoms with van der Waals surface area (Å²) >= 11 is 0. The van der Waals surface area contributed by atoms with E-state index in [4.69, 9.17) is 0 Å². The van der Waals surface area contributed by atoms with Crippen molar-refractivity contribution in [1.82, 2.24) is 9.55 Å². The molecule has 0 radical (unpaired) electrons. The maximum atomic E-state index is 4.59.